The number of hydrogen-bond acceptors (Lipinski definition) is 2. The third-order valence-corrected chi connectivity index (χ3v) is 4.37. The molecule has 2 aromatic carbocycles. The van der Waals surface area contributed by atoms with Gasteiger partial charge in [-0.25, -0.2) is 0 Å². The van der Waals surface area contributed by atoms with Crippen molar-refractivity contribution in [3.8, 4) is 5.75 Å². The zero-order valence-electron chi connectivity index (χ0n) is 15.4. The molecule has 0 unspecified atom stereocenters. The molecule has 3 nitrogen and oxygen atoms in total. The van der Waals surface area contributed by atoms with Crippen LogP contribution in [0.2, 0.25) is 0 Å². The summed E-state index contributed by atoms with van der Waals surface area (Å²) in [6, 6.07) is 11.8. The second-order valence-electron chi connectivity index (χ2n) is 6.67. The topological polar surface area (TPSA) is 38.3 Å². The standard InChI is InChI=1S/C21H27NO2/c1-13(2)18-12-19(15(4)11-20(18)24-6)16(5)22-21(23)17-9-7-14(3)8-10-17/h7-13,16H,1-6H3,(H,22,23)/t16-/m1/s1. The van der Waals surface area contributed by atoms with Gasteiger partial charge in [0, 0.05) is 5.56 Å². The van der Waals surface area contributed by atoms with E-state index in [2.05, 4.69) is 38.2 Å². The summed E-state index contributed by atoms with van der Waals surface area (Å²) in [6.07, 6.45) is 0. The molecular formula is C21H27NO2. The van der Waals surface area contributed by atoms with E-state index in [0.717, 1.165) is 28.0 Å². The highest BCUT2D eigenvalue weighted by Gasteiger charge is 2.17. The number of benzene rings is 2. The van der Waals surface area contributed by atoms with E-state index < -0.39 is 0 Å². The molecule has 0 radical (unpaired) electrons. The number of rotatable bonds is 5. The van der Waals surface area contributed by atoms with Gasteiger partial charge in [0.05, 0.1) is 13.2 Å². The predicted molar refractivity (Wildman–Crippen MR) is 98.9 cm³/mol. The SMILES string of the molecule is COc1cc(C)c([C@@H](C)NC(=O)c2ccc(C)cc2)cc1C(C)C. The van der Waals surface area contributed by atoms with Crippen LogP contribution in [0.4, 0.5) is 0 Å². The molecule has 0 aliphatic heterocycles. The Morgan fingerprint density at radius 2 is 1.62 bits per heavy atom. The van der Waals surface area contributed by atoms with Crippen molar-refractivity contribution in [1.29, 1.82) is 0 Å². The molecule has 0 heterocycles. The molecule has 0 fully saturated rings. The van der Waals surface area contributed by atoms with Gasteiger partial charge in [-0.2, -0.15) is 0 Å². The van der Waals surface area contributed by atoms with Crippen LogP contribution in [0.15, 0.2) is 36.4 Å². The molecule has 0 aliphatic carbocycles. The van der Waals surface area contributed by atoms with E-state index in [1.54, 1.807) is 7.11 Å². The van der Waals surface area contributed by atoms with E-state index in [0.29, 0.717) is 11.5 Å². The molecule has 2 aromatic rings. The van der Waals surface area contributed by atoms with Gasteiger partial charge in [-0.3, -0.25) is 4.79 Å². The van der Waals surface area contributed by atoms with Gasteiger partial charge in [-0.15, -0.1) is 0 Å². The van der Waals surface area contributed by atoms with Gasteiger partial charge in [-0.1, -0.05) is 31.5 Å². The number of aryl methyl sites for hydroxylation is 2. The molecule has 0 aromatic heterocycles. The number of methoxy groups -OCH3 is 1. The predicted octanol–water partition coefficient (Wildman–Crippen LogP) is 4.93. The lowest BCUT2D eigenvalue weighted by molar-refractivity contribution is 0.0940. The molecule has 0 spiro atoms. The molecular weight excluding hydrogens is 298 g/mol. The number of carbonyl (C=O) groups is 1. The maximum absolute atomic E-state index is 12.5. The molecule has 0 saturated heterocycles. The quantitative estimate of drug-likeness (QED) is 0.847. The average Bonchev–Trinajstić information content (AvgIpc) is 2.54. The average molecular weight is 325 g/mol. The lowest BCUT2D eigenvalue weighted by Crippen LogP contribution is -2.27. The molecule has 2 rings (SSSR count). The zero-order valence-corrected chi connectivity index (χ0v) is 15.4. The van der Waals surface area contributed by atoms with Crippen LogP contribution in [0.5, 0.6) is 5.75 Å². The summed E-state index contributed by atoms with van der Waals surface area (Å²) in [5, 5.41) is 3.10. The minimum Gasteiger partial charge on any atom is -0.496 e. The summed E-state index contributed by atoms with van der Waals surface area (Å²) < 4.78 is 5.50. The van der Waals surface area contributed by atoms with E-state index in [-0.39, 0.29) is 11.9 Å². The minimum absolute atomic E-state index is 0.0520. The number of nitrogens with one attached hydrogen (secondary N) is 1. The van der Waals surface area contributed by atoms with Gasteiger partial charge in [0.1, 0.15) is 5.75 Å². The second kappa shape index (κ2) is 7.52. The Kier molecular flexibility index (Phi) is 5.66. The van der Waals surface area contributed by atoms with Crippen LogP contribution < -0.4 is 10.1 Å². The maximum atomic E-state index is 12.5. The van der Waals surface area contributed by atoms with Crippen molar-refractivity contribution in [2.45, 2.75) is 46.6 Å². The van der Waals surface area contributed by atoms with Crippen LogP contribution in [-0.4, -0.2) is 13.0 Å². The lowest BCUT2D eigenvalue weighted by Gasteiger charge is -2.21. The zero-order chi connectivity index (χ0) is 17.9. The van der Waals surface area contributed by atoms with Gasteiger partial charge in [0.25, 0.3) is 5.91 Å². The van der Waals surface area contributed by atoms with Crippen molar-refractivity contribution < 1.29 is 9.53 Å². The largest absolute Gasteiger partial charge is 0.496 e. The molecule has 128 valence electrons. The number of ether oxygens (including phenoxy) is 1. The Labute approximate surface area is 145 Å². The normalized spacial score (nSPS) is 12.1. The van der Waals surface area contributed by atoms with E-state index in [1.807, 2.05) is 38.1 Å². The van der Waals surface area contributed by atoms with Crippen LogP contribution in [0.1, 0.15) is 65.3 Å². The molecule has 1 amide bonds. The van der Waals surface area contributed by atoms with Gasteiger partial charge in [0.15, 0.2) is 0 Å². The van der Waals surface area contributed by atoms with E-state index in [1.165, 1.54) is 0 Å². The van der Waals surface area contributed by atoms with Gasteiger partial charge in [-0.05, 0) is 67.6 Å². The maximum Gasteiger partial charge on any atom is 0.251 e. The van der Waals surface area contributed by atoms with E-state index in [9.17, 15) is 4.79 Å². The monoisotopic (exact) mass is 325 g/mol. The smallest absolute Gasteiger partial charge is 0.251 e. The van der Waals surface area contributed by atoms with E-state index in [4.69, 9.17) is 4.74 Å². The van der Waals surface area contributed by atoms with Crippen LogP contribution in [0.3, 0.4) is 0 Å². The Morgan fingerprint density at radius 3 is 2.17 bits per heavy atom. The molecule has 0 saturated carbocycles. The summed E-state index contributed by atoms with van der Waals surface area (Å²) in [4.78, 5) is 12.5. The molecule has 24 heavy (non-hydrogen) atoms. The molecule has 0 aliphatic rings. The first kappa shape index (κ1) is 18.1. The van der Waals surface area contributed by atoms with Gasteiger partial charge < -0.3 is 10.1 Å². The van der Waals surface area contributed by atoms with Crippen molar-refractivity contribution in [2.75, 3.05) is 7.11 Å². The Balaban J connectivity index is 2.25. The first-order valence-corrected chi connectivity index (χ1v) is 8.39. The number of hydrogen-bond donors (Lipinski definition) is 1. The third kappa shape index (κ3) is 3.97. The number of carbonyl (C=O) groups excluding carboxylic acids is 1. The van der Waals surface area contributed by atoms with E-state index >= 15 is 0 Å². The fraction of sp³-hybridized carbons (Fsp3) is 0.381. The van der Waals surface area contributed by atoms with Crippen molar-refractivity contribution >= 4 is 5.91 Å². The second-order valence-corrected chi connectivity index (χ2v) is 6.67. The summed E-state index contributed by atoms with van der Waals surface area (Å²) in [7, 11) is 1.70. The van der Waals surface area contributed by atoms with Crippen molar-refractivity contribution in [3.63, 3.8) is 0 Å². The summed E-state index contributed by atoms with van der Waals surface area (Å²) in [5.74, 6) is 1.21. The van der Waals surface area contributed by atoms with Gasteiger partial charge in [0.2, 0.25) is 0 Å². The summed E-state index contributed by atoms with van der Waals surface area (Å²) in [5.41, 5.74) is 5.23. The third-order valence-electron chi connectivity index (χ3n) is 4.37. The first-order chi connectivity index (χ1) is 11.3. The van der Waals surface area contributed by atoms with Crippen LogP contribution >= 0.6 is 0 Å². The summed E-state index contributed by atoms with van der Waals surface area (Å²) in [6.45, 7) is 10.4. The fourth-order valence-corrected chi connectivity index (χ4v) is 2.87. The lowest BCUT2D eigenvalue weighted by atomic mass is 9.93. The van der Waals surface area contributed by atoms with Crippen molar-refractivity contribution in [2.24, 2.45) is 0 Å². The molecule has 0 bridgehead atoms. The fourth-order valence-electron chi connectivity index (χ4n) is 2.87. The Morgan fingerprint density at radius 1 is 1.00 bits per heavy atom. The Bertz CT molecular complexity index is 717. The summed E-state index contributed by atoms with van der Waals surface area (Å²) >= 11 is 0. The van der Waals surface area contributed by atoms with Crippen molar-refractivity contribution in [3.05, 3.63) is 64.2 Å². The van der Waals surface area contributed by atoms with Crippen LogP contribution in [0.25, 0.3) is 0 Å². The first-order valence-electron chi connectivity index (χ1n) is 8.39. The van der Waals surface area contributed by atoms with Crippen molar-refractivity contribution in [1.82, 2.24) is 5.32 Å². The highest BCUT2D eigenvalue weighted by molar-refractivity contribution is 5.94. The van der Waals surface area contributed by atoms with Crippen LogP contribution in [0, 0.1) is 13.8 Å². The van der Waals surface area contributed by atoms with Gasteiger partial charge >= 0.3 is 0 Å². The highest BCUT2D eigenvalue weighted by Crippen LogP contribution is 2.32. The molecule has 1 N–H and O–H groups in total. The van der Waals surface area contributed by atoms with Crippen LogP contribution in [-0.2, 0) is 0 Å². The minimum atomic E-state index is -0.0674. The molecule has 3 heteroatoms. The molecule has 1 atom stereocenters. The number of amides is 1. The highest BCUT2D eigenvalue weighted by atomic mass is 16.5. The Hall–Kier alpha value is -2.29.